The van der Waals surface area contributed by atoms with Crippen LogP contribution in [-0.4, -0.2) is 69.4 Å². The van der Waals surface area contributed by atoms with Gasteiger partial charge in [-0.1, -0.05) is 65.8 Å². The summed E-state index contributed by atoms with van der Waals surface area (Å²) in [6, 6.07) is 16.4. The zero-order valence-electron chi connectivity index (χ0n) is 25.2. The Kier molecular flexibility index (Phi) is 11.2. The molecule has 2 aromatic carbocycles. The van der Waals surface area contributed by atoms with Crippen molar-refractivity contribution in [2.45, 2.75) is 50.8 Å². The molecule has 1 aromatic heterocycles. The summed E-state index contributed by atoms with van der Waals surface area (Å²) < 4.78 is 78.3. The summed E-state index contributed by atoms with van der Waals surface area (Å²) in [4.78, 5) is 29.7. The Hall–Kier alpha value is -3.87. The van der Waals surface area contributed by atoms with Gasteiger partial charge in [-0.3, -0.25) is 17.7 Å². The zero-order valence-corrected chi connectivity index (χ0v) is 26.8. The number of benzene rings is 2. The molecule has 1 fully saturated rings. The van der Waals surface area contributed by atoms with Crippen LogP contribution in [0.1, 0.15) is 22.9 Å². The first-order valence-electron chi connectivity index (χ1n) is 13.7. The quantitative estimate of drug-likeness (QED) is 0.0982. The van der Waals surface area contributed by atoms with Crippen LogP contribution < -0.4 is 11.2 Å². The predicted octanol–water partition coefficient (Wildman–Crippen LogP) is 1.98. The molecule has 3 aromatic rings. The highest BCUT2D eigenvalue weighted by Crippen LogP contribution is 2.42. The van der Waals surface area contributed by atoms with E-state index in [1.165, 1.54) is 13.1 Å². The molecular formula is C28H33N5O11S2. The van der Waals surface area contributed by atoms with Crippen LogP contribution in [0.2, 0.25) is 0 Å². The fourth-order valence-corrected chi connectivity index (χ4v) is 5.65. The molecule has 0 amide bonds. The maximum absolute atomic E-state index is 13.8. The van der Waals surface area contributed by atoms with E-state index in [1.54, 1.807) is 54.6 Å². The number of aromatic nitrogens is 2. The van der Waals surface area contributed by atoms with Gasteiger partial charge in [-0.15, -0.1) is 0 Å². The number of rotatable bonds is 15. The van der Waals surface area contributed by atoms with Crippen LogP contribution in [0.5, 0.6) is 0 Å². The summed E-state index contributed by atoms with van der Waals surface area (Å²) in [6.07, 6.45) is -0.250. The molecule has 0 N–H and O–H groups in total. The summed E-state index contributed by atoms with van der Waals surface area (Å²) >= 11 is 0. The Morgan fingerprint density at radius 3 is 1.98 bits per heavy atom. The number of hydrogen-bond donors (Lipinski definition) is 0. The van der Waals surface area contributed by atoms with Gasteiger partial charge in [0, 0.05) is 16.7 Å². The van der Waals surface area contributed by atoms with E-state index < -0.39 is 75.4 Å². The van der Waals surface area contributed by atoms with E-state index in [0.717, 1.165) is 27.2 Å². The summed E-state index contributed by atoms with van der Waals surface area (Å²) in [5.41, 5.74) is 7.46. The van der Waals surface area contributed by atoms with E-state index >= 15 is 0 Å². The highest BCUT2D eigenvalue weighted by atomic mass is 32.2. The Balaban J connectivity index is 1.80. The van der Waals surface area contributed by atoms with Crippen molar-refractivity contribution in [3.05, 3.63) is 115 Å². The average molecular weight is 680 g/mol. The molecule has 0 aliphatic carbocycles. The van der Waals surface area contributed by atoms with Crippen LogP contribution in [0.4, 0.5) is 0 Å². The van der Waals surface area contributed by atoms with Gasteiger partial charge >= 0.3 is 5.69 Å². The second-order valence-corrected chi connectivity index (χ2v) is 13.9. The smallest absolute Gasteiger partial charge is 0.335 e. The molecule has 46 heavy (non-hydrogen) atoms. The highest BCUT2D eigenvalue weighted by molar-refractivity contribution is 7.86. The van der Waals surface area contributed by atoms with Crippen molar-refractivity contribution in [1.82, 2.24) is 9.13 Å². The fourth-order valence-electron chi connectivity index (χ4n) is 4.82. The van der Waals surface area contributed by atoms with E-state index in [9.17, 15) is 32.0 Å². The lowest BCUT2D eigenvalue weighted by atomic mass is 9.95. The van der Waals surface area contributed by atoms with Gasteiger partial charge in [-0.25, -0.2) is 9.36 Å². The van der Waals surface area contributed by atoms with Crippen molar-refractivity contribution in [1.29, 1.82) is 0 Å². The lowest BCUT2D eigenvalue weighted by Gasteiger charge is -2.33. The maximum Gasteiger partial charge on any atom is 0.335 e. The molecule has 0 bridgehead atoms. The SMILES string of the molecule is Cc1cn([C@@H]2OC(COS(C)(=O)=O)(COS(C)(=O)=O)[C@H](OCc3ccccc3)[C@H]2N=[N+]=[N-])c(=O)n(COCc2ccccc2)c1=O. The van der Waals surface area contributed by atoms with Crippen LogP contribution >= 0.6 is 0 Å². The van der Waals surface area contributed by atoms with Crippen LogP contribution in [-0.2, 0) is 62.8 Å². The third kappa shape index (κ3) is 8.89. The summed E-state index contributed by atoms with van der Waals surface area (Å²) in [5.74, 6) is 0. The lowest BCUT2D eigenvalue weighted by Crippen LogP contribution is -2.52. The fraction of sp³-hybridized carbons (Fsp3) is 0.429. The molecule has 0 saturated carbocycles. The van der Waals surface area contributed by atoms with Crippen molar-refractivity contribution in [2.24, 2.45) is 5.11 Å². The number of ether oxygens (including phenoxy) is 3. The first-order valence-corrected chi connectivity index (χ1v) is 17.4. The summed E-state index contributed by atoms with van der Waals surface area (Å²) in [7, 11) is -8.28. The van der Waals surface area contributed by atoms with Gasteiger partial charge in [-0.2, -0.15) is 16.8 Å². The van der Waals surface area contributed by atoms with Crippen LogP contribution in [0.3, 0.4) is 0 Å². The van der Waals surface area contributed by atoms with E-state index in [-0.39, 0.29) is 18.8 Å². The highest BCUT2D eigenvalue weighted by Gasteiger charge is 2.58. The first kappa shape index (κ1) is 35.0. The molecule has 1 aliphatic rings. The molecule has 0 unspecified atom stereocenters. The minimum absolute atomic E-state index is 0.0882. The van der Waals surface area contributed by atoms with Gasteiger partial charge < -0.3 is 14.2 Å². The molecule has 18 heteroatoms. The topological polar surface area (TPSA) is 207 Å². The molecular weight excluding hydrogens is 646 g/mol. The molecule has 248 valence electrons. The predicted molar refractivity (Wildman–Crippen MR) is 163 cm³/mol. The van der Waals surface area contributed by atoms with Gasteiger partial charge in [0.1, 0.15) is 43.9 Å². The van der Waals surface area contributed by atoms with Crippen LogP contribution in [0.25, 0.3) is 10.4 Å². The monoisotopic (exact) mass is 679 g/mol. The van der Waals surface area contributed by atoms with Crippen LogP contribution in [0.15, 0.2) is 81.6 Å². The third-order valence-electron chi connectivity index (χ3n) is 6.94. The number of aryl methyl sites for hydroxylation is 1. The van der Waals surface area contributed by atoms with Gasteiger partial charge in [-0.05, 0) is 23.6 Å². The summed E-state index contributed by atoms with van der Waals surface area (Å²) in [6.45, 7) is -0.726. The van der Waals surface area contributed by atoms with Crippen molar-refractivity contribution in [3.63, 3.8) is 0 Å². The number of nitrogens with zero attached hydrogens (tertiary/aromatic N) is 5. The second-order valence-electron chi connectivity index (χ2n) is 10.6. The van der Waals surface area contributed by atoms with Crippen molar-refractivity contribution < 1.29 is 39.4 Å². The molecule has 0 radical (unpaired) electrons. The first-order chi connectivity index (χ1) is 21.7. The molecule has 4 rings (SSSR count). The Morgan fingerprint density at radius 2 is 1.46 bits per heavy atom. The number of azide groups is 1. The molecule has 3 atom stereocenters. The van der Waals surface area contributed by atoms with E-state index in [2.05, 4.69) is 10.0 Å². The van der Waals surface area contributed by atoms with Crippen molar-refractivity contribution in [2.75, 3.05) is 25.7 Å². The zero-order chi connectivity index (χ0) is 33.5. The van der Waals surface area contributed by atoms with Gasteiger partial charge in [0.15, 0.2) is 0 Å². The minimum Gasteiger partial charge on any atom is -0.370 e. The molecule has 2 heterocycles. The second kappa shape index (κ2) is 14.7. The van der Waals surface area contributed by atoms with E-state index in [1.807, 2.05) is 6.07 Å². The molecule has 1 aliphatic heterocycles. The normalized spacial score (nSPS) is 19.5. The number of hydrogen-bond acceptors (Lipinski definition) is 12. The molecule has 1 saturated heterocycles. The van der Waals surface area contributed by atoms with Gasteiger partial charge in [0.25, 0.3) is 25.8 Å². The summed E-state index contributed by atoms with van der Waals surface area (Å²) in [5, 5.41) is 3.83. The Bertz CT molecular complexity index is 1860. The largest absolute Gasteiger partial charge is 0.370 e. The van der Waals surface area contributed by atoms with E-state index in [0.29, 0.717) is 5.56 Å². The van der Waals surface area contributed by atoms with E-state index in [4.69, 9.17) is 22.6 Å². The maximum atomic E-state index is 13.8. The Labute approximate surface area is 264 Å². The molecule has 0 spiro atoms. The van der Waals surface area contributed by atoms with Gasteiger partial charge in [0.05, 0.1) is 25.7 Å². The minimum atomic E-state index is -4.14. The van der Waals surface area contributed by atoms with Crippen LogP contribution in [0, 0.1) is 6.92 Å². The van der Waals surface area contributed by atoms with Crippen molar-refractivity contribution in [3.8, 4) is 0 Å². The lowest BCUT2D eigenvalue weighted by molar-refractivity contribution is -0.154. The van der Waals surface area contributed by atoms with Gasteiger partial charge in [0.2, 0.25) is 0 Å². The standard InChI is InChI=1S/C28H33N5O11S2/c1-20-14-32(27(35)33(25(20)34)19-40-15-21-10-6-4-7-11-21)26-23(30-31-29)24(41-16-22-12-8-5-9-13-22)28(44-26,17-42-45(2,36)37)18-43-46(3,38)39/h4-14,23-24,26H,15-19H2,1-3H3/t23-,24-,26-/m1/s1. The molecule has 16 nitrogen and oxygen atoms in total. The Morgan fingerprint density at radius 1 is 0.913 bits per heavy atom. The van der Waals surface area contributed by atoms with Crippen molar-refractivity contribution >= 4 is 20.2 Å². The third-order valence-corrected chi connectivity index (χ3v) is 8.03. The average Bonchev–Trinajstić information content (AvgIpc) is 3.31.